The van der Waals surface area contributed by atoms with Crippen molar-refractivity contribution < 1.29 is 9.13 Å². The van der Waals surface area contributed by atoms with Crippen LogP contribution in [0.5, 0.6) is 5.75 Å². The van der Waals surface area contributed by atoms with Gasteiger partial charge in [0.2, 0.25) is 0 Å². The van der Waals surface area contributed by atoms with Crippen LogP contribution in [-0.4, -0.2) is 35.3 Å². The van der Waals surface area contributed by atoms with Gasteiger partial charge in [-0.15, -0.1) is 0 Å². The number of pyridine rings is 1. The van der Waals surface area contributed by atoms with Gasteiger partial charge in [-0.05, 0) is 30.8 Å². The minimum atomic E-state index is -0.795. The number of nitrogens with zero attached hydrogens (tertiary/aromatic N) is 3. The number of nitrogen functional groups attached to an aromatic ring is 1. The Hall–Kier alpha value is -2.81. The first kappa shape index (κ1) is 17.3. The molecule has 1 saturated heterocycles. The molecular weight excluding hydrogens is 365 g/mol. The predicted octanol–water partition coefficient (Wildman–Crippen LogP) is 0.294. The quantitative estimate of drug-likeness (QED) is 0.579. The van der Waals surface area contributed by atoms with Gasteiger partial charge in [-0.1, -0.05) is 6.08 Å². The first-order chi connectivity index (χ1) is 13.4. The van der Waals surface area contributed by atoms with Crippen molar-refractivity contribution in [2.45, 2.75) is 31.2 Å². The summed E-state index contributed by atoms with van der Waals surface area (Å²) in [6, 6.07) is 0.0311. The summed E-state index contributed by atoms with van der Waals surface area (Å²) in [5.74, 6) is 5.45. The Kier molecular flexibility index (Phi) is 3.61. The number of halogens is 1. The zero-order chi connectivity index (χ0) is 19.7. The van der Waals surface area contributed by atoms with E-state index in [-0.39, 0.29) is 29.3 Å². The van der Waals surface area contributed by atoms with Crippen LogP contribution >= 0.6 is 0 Å². The summed E-state index contributed by atoms with van der Waals surface area (Å²) in [4.78, 5) is 27.1. The third-order valence-electron chi connectivity index (χ3n) is 6.20. The zero-order valence-corrected chi connectivity index (χ0v) is 15.5. The van der Waals surface area contributed by atoms with E-state index >= 15 is 4.39 Å². The maximum absolute atomic E-state index is 15.2. The first-order valence-corrected chi connectivity index (χ1v) is 9.44. The van der Waals surface area contributed by atoms with Crippen LogP contribution in [0.1, 0.15) is 30.7 Å². The van der Waals surface area contributed by atoms with Gasteiger partial charge in [-0.3, -0.25) is 9.20 Å². The molecule has 2 aliphatic carbocycles. The lowest BCUT2D eigenvalue weighted by atomic mass is 10.0. The van der Waals surface area contributed by atoms with E-state index in [0.717, 1.165) is 29.9 Å². The molecule has 9 heteroatoms. The van der Waals surface area contributed by atoms with Crippen molar-refractivity contribution in [2.75, 3.05) is 30.9 Å². The van der Waals surface area contributed by atoms with E-state index in [1.54, 1.807) is 0 Å². The van der Waals surface area contributed by atoms with Crippen LogP contribution in [0.3, 0.4) is 0 Å². The molecule has 28 heavy (non-hydrogen) atoms. The first-order valence-electron chi connectivity index (χ1n) is 9.44. The Bertz CT molecular complexity index is 1150. The molecule has 2 aromatic heterocycles. The normalized spacial score (nSPS) is 24.0. The van der Waals surface area contributed by atoms with Gasteiger partial charge in [0.25, 0.3) is 5.56 Å². The molecule has 1 saturated carbocycles. The number of methoxy groups -OCH3 is 1. The number of nitrogens with two attached hydrogens (primary N) is 2. The monoisotopic (exact) mass is 387 g/mol. The fraction of sp³-hybridized carbons (Fsp3) is 0.474. The van der Waals surface area contributed by atoms with Crippen molar-refractivity contribution in [3.8, 4) is 5.75 Å². The van der Waals surface area contributed by atoms with E-state index < -0.39 is 17.1 Å². The van der Waals surface area contributed by atoms with Crippen molar-refractivity contribution in [3.05, 3.63) is 50.1 Å². The van der Waals surface area contributed by atoms with Gasteiger partial charge in [0.15, 0.2) is 11.6 Å². The average molecular weight is 387 g/mol. The molecule has 0 aromatic carbocycles. The van der Waals surface area contributed by atoms with Crippen LogP contribution < -0.4 is 32.5 Å². The van der Waals surface area contributed by atoms with Gasteiger partial charge in [0.1, 0.15) is 11.2 Å². The Labute approximate surface area is 159 Å². The number of hydrogen-bond acceptors (Lipinski definition) is 6. The fourth-order valence-corrected chi connectivity index (χ4v) is 4.64. The average Bonchev–Trinajstić information content (AvgIpc) is 3.33. The van der Waals surface area contributed by atoms with E-state index in [1.807, 2.05) is 4.90 Å². The maximum Gasteiger partial charge on any atom is 0.354 e. The number of rotatable bonds is 3. The SMILES string of the molecule is COc1c(N2CC3=CCC(N)C3C2)c(F)cn2c(=O)n(N)c(=O)c(C3CC3)c12. The summed E-state index contributed by atoms with van der Waals surface area (Å²) in [5.41, 5.74) is 7.03. The van der Waals surface area contributed by atoms with E-state index in [2.05, 4.69) is 6.08 Å². The molecule has 2 fully saturated rings. The molecule has 3 heterocycles. The fourth-order valence-electron chi connectivity index (χ4n) is 4.64. The highest BCUT2D eigenvalue weighted by atomic mass is 19.1. The van der Waals surface area contributed by atoms with Gasteiger partial charge in [0, 0.05) is 25.0 Å². The van der Waals surface area contributed by atoms with Crippen LogP contribution in [-0.2, 0) is 0 Å². The number of fused-ring (bicyclic) bond motifs is 2. The van der Waals surface area contributed by atoms with E-state index in [1.165, 1.54) is 12.7 Å². The third-order valence-corrected chi connectivity index (χ3v) is 6.20. The van der Waals surface area contributed by atoms with Crippen LogP contribution in [0, 0.1) is 11.7 Å². The summed E-state index contributed by atoms with van der Waals surface area (Å²) in [7, 11) is 1.43. The summed E-state index contributed by atoms with van der Waals surface area (Å²) in [6.07, 6.45) is 5.71. The molecule has 0 bridgehead atoms. The molecule has 0 amide bonds. The lowest BCUT2D eigenvalue weighted by Crippen LogP contribution is -2.44. The second kappa shape index (κ2) is 5.84. The van der Waals surface area contributed by atoms with Crippen LogP contribution in [0.2, 0.25) is 0 Å². The highest BCUT2D eigenvalue weighted by molar-refractivity contribution is 5.78. The lowest BCUT2D eigenvalue weighted by Gasteiger charge is -2.25. The molecule has 2 aromatic rings. The van der Waals surface area contributed by atoms with Gasteiger partial charge < -0.3 is 21.2 Å². The maximum atomic E-state index is 15.2. The highest BCUT2D eigenvalue weighted by Crippen LogP contribution is 2.46. The Morgan fingerprint density at radius 2 is 2.04 bits per heavy atom. The minimum Gasteiger partial charge on any atom is -0.492 e. The molecule has 1 aliphatic heterocycles. The molecule has 5 rings (SSSR count). The second-order valence-electron chi connectivity index (χ2n) is 7.89. The molecule has 0 spiro atoms. The van der Waals surface area contributed by atoms with Crippen molar-refractivity contribution in [1.29, 1.82) is 0 Å². The third kappa shape index (κ3) is 2.25. The van der Waals surface area contributed by atoms with Crippen molar-refractivity contribution >= 4 is 11.2 Å². The standard InChI is InChI=1S/C19H22FN5O3/c1-28-17-15(23-6-10-4-5-13(21)11(10)7-23)12(20)8-24-16(17)14(9-2-3-9)18(26)25(22)19(24)27/h4,8-9,11,13H,2-3,5-7,21-22H2,1H3. The smallest absolute Gasteiger partial charge is 0.354 e. The minimum absolute atomic E-state index is 0.000740. The van der Waals surface area contributed by atoms with Crippen molar-refractivity contribution in [1.82, 2.24) is 9.08 Å². The summed E-state index contributed by atoms with van der Waals surface area (Å²) in [6.45, 7) is 1.13. The Balaban J connectivity index is 1.79. The lowest BCUT2D eigenvalue weighted by molar-refractivity contribution is 0.412. The van der Waals surface area contributed by atoms with E-state index in [0.29, 0.717) is 28.8 Å². The number of aromatic nitrogens is 2. The number of ether oxygens (including phenoxy) is 1. The molecule has 3 aliphatic rings. The molecule has 148 valence electrons. The number of anilines is 1. The topological polar surface area (TPSA) is 108 Å². The van der Waals surface area contributed by atoms with Gasteiger partial charge in [0.05, 0.1) is 18.9 Å². The Morgan fingerprint density at radius 3 is 2.68 bits per heavy atom. The zero-order valence-electron chi connectivity index (χ0n) is 15.5. The van der Waals surface area contributed by atoms with Crippen LogP contribution in [0.15, 0.2) is 27.4 Å². The summed E-state index contributed by atoms with van der Waals surface area (Å²) < 4.78 is 22.4. The van der Waals surface area contributed by atoms with E-state index in [9.17, 15) is 9.59 Å². The van der Waals surface area contributed by atoms with E-state index in [4.69, 9.17) is 16.3 Å². The predicted molar refractivity (Wildman–Crippen MR) is 103 cm³/mol. The molecule has 2 unspecified atom stereocenters. The highest BCUT2D eigenvalue weighted by Gasteiger charge is 2.39. The Morgan fingerprint density at radius 1 is 1.29 bits per heavy atom. The molecular formula is C19H22FN5O3. The number of hydrogen-bond donors (Lipinski definition) is 2. The molecule has 0 radical (unpaired) electrons. The summed E-state index contributed by atoms with van der Waals surface area (Å²) in [5, 5.41) is 0. The van der Waals surface area contributed by atoms with Gasteiger partial charge in [-0.25, -0.2) is 9.18 Å². The largest absolute Gasteiger partial charge is 0.492 e. The molecule has 4 N–H and O–H groups in total. The van der Waals surface area contributed by atoms with Crippen molar-refractivity contribution in [2.24, 2.45) is 11.7 Å². The molecule has 8 nitrogen and oxygen atoms in total. The van der Waals surface area contributed by atoms with Crippen molar-refractivity contribution in [3.63, 3.8) is 0 Å². The van der Waals surface area contributed by atoms with Gasteiger partial charge >= 0.3 is 5.69 Å². The summed E-state index contributed by atoms with van der Waals surface area (Å²) >= 11 is 0. The second-order valence-corrected chi connectivity index (χ2v) is 7.89. The molecule has 2 atom stereocenters. The van der Waals surface area contributed by atoms with Crippen LogP contribution in [0.25, 0.3) is 5.52 Å². The van der Waals surface area contributed by atoms with Gasteiger partial charge in [-0.2, -0.15) is 4.68 Å². The van der Waals surface area contributed by atoms with Crippen LogP contribution in [0.4, 0.5) is 10.1 Å².